The average Bonchev–Trinajstić information content (AvgIpc) is 3.21. The first-order chi connectivity index (χ1) is 15.3. The van der Waals surface area contributed by atoms with Gasteiger partial charge >= 0.3 is 0 Å². The van der Waals surface area contributed by atoms with Crippen LogP contribution in [-0.4, -0.2) is 34.5 Å². The molecule has 3 rings (SSSR count). The number of nitrogens with zero attached hydrogens (tertiary/aromatic N) is 2. The molecular formula is C22H22ClN5O3S. The molecular weight excluding hydrogens is 450 g/mol. The van der Waals surface area contributed by atoms with Gasteiger partial charge in [-0.1, -0.05) is 48.9 Å². The van der Waals surface area contributed by atoms with Crippen molar-refractivity contribution in [1.82, 2.24) is 15.5 Å². The summed E-state index contributed by atoms with van der Waals surface area (Å²) in [4.78, 5) is 36.3. The van der Waals surface area contributed by atoms with Gasteiger partial charge in [0.1, 0.15) is 5.01 Å². The van der Waals surface area contributed by atoms with Crippen molar-refractivity contribution >= 4 is 51.5 Å². The van der Waals surface area contributed by atoms with E-state index in [4.69, 9.17) is 11.6 Å². The van der Waals surface area contributed by atoms with Gasteiger partial charge in [0.2, 0.25) is 11.0 Å². The molecule has 3 N–H and O–H groups in total. The van der Waals surface area contributed by atoms with Crippen molar-refractivity contribution < 1.29 is 14.4 Å². The minimum atomic E-state index is -0.332. The summed E-state index contributed by atoms with van der Waals surface area (Å²) >= 11 is 7.25. The molecule has 0 saturated carbocycles. The van der Waals surface area contributed by atoms with Gasteiger partial charge in [0.05, 0.1) is 10.6 Å². The van der Waals surface area contributed by atoms with Crippen molar-refractivity contribution in [2.75, 3.05) is 17.2 Å². The van der Waals surface area contributed by atoms with E-state index in [1.807, 2.05) is 0 Å². The Morgan fingerprint density at radius 3 is 2.38 bits per heavy atom. The second-order valence-electron chi connectivity index (χ2n) is 7.16. The minimum absolute atomic E-state index is 0.0911. The lowest BCUT2D eigenvalue weighted by Gasteiger charge is -2.08. The predicted octanol–water partition coefficient (Wildman–Crippen LogP) is 4.01. The molecule has 0 aliphatic rings. The monoisotopic (exact) mass is 471 g/mol. The van der Waals surface area contributed by atoms with Gasteiger partial charge in [0.15, 0.2) is 0 Å². The van der Waals surface area contributed by atoms with E-state index in [1.54, 1.807) is 62.4 Å². The van der Waals surface area contributed by atoms with E-state index in [-0.39, 0.29) is 23.6 Å². The number of halogens is 1. The fourth-order valence-electron chi connectivity index (χ4n) is 2.59. The minimum Gasteiger partial charge on any atom is -0.352 e. The van der Waals surface area contributed by atoms with Crippen LogP contribution in [0.25, 0.3) is 0 Å². The lowest BCUT2D eigenvalue weighted by Crippen LogP contribution is -2.25. The number of rotatable bonds is 8. The lowest BCUT2D eigenvalue weighted by atomic mass is 10.1. The number of hydrogen-bond donors (Lipinski definition) is 3. The van der Waals surface area contributed by atoms with Crippen LogP contribution >= 0.6 is 22.9 Å². The Labute approximate surface area is 194 Å². The van der Waals surface area contributed by atoms with Crippen molar-refractivity contribution in [2.24, 2.45) is 5.92 Å². The molecule has 0 aliphatic carbocycles. The molecule has 0 fully saturated rings. The van der Waals surface area contributed by atoms with Gasteiger partial charge in [0.25, 0.3) is 11.8 Å². The van der Waals surface area contributed by atoms with Gasteiger partial charge in [-0.3, -0.25) is 19.7 Å². The van der Waals surface area contributed by atoms with Crippen molar-refractivity contribution in [2.45, 2.75) is 20.3 Å². The van der Waals surface area contributed by atoms with Crippen LogP contribution in [-0.2, 0) is 11.2 Å². The Kier molecular flexibility index (Phi) is 7.91. The summed E-state index contributed by atoms with van der Waals surface area (Å²) in [7, 11) is 0. The first kappa shape index (κ1) is 23.4. The summed E-state index contributed by atoms with van der Waals surface area (Å²) < 4.78 is 0. The number of aromatic nitrogens is 2. The highest BCUT2D eigenvalue weighted by Gasteiger charge is 2.13. The molecule has 0 aliphatic heterocycles. The van der Waals surface area contributed by atoms with E-state index >= 15 is 0 Å². The van der Waals surface area contributed by atoms with E-state index in [1.165, 1.54) is 11.3 Å². The summed E-state index contributed by atoms with van der Waals surface area (Å²) in [5.41, 5.74) is 1.46. The maximum absolute atomic E-state index is 12.4. The van der Waals surface area contributed by atoms with Gasteiger partial charge in [-0.2, -0.15) is 0 Å². The normalized spacial score (nSPS) is 10.6. The summed E-state index contributed by atoms with van der Waals surface area (Å²) in [6.07, 6.45) is 0.466. The van der Waals surface area contributed by atoms with Crippen LogP contribution < -0.4 is 16.0 Å². The third-order valence-electron chi connectivity index (χ3n) is 4.37. The Balaban J connectivity index is 1.49. The van der Waals surface area contributed by atoms with Crippen LogP contribution in [0.4, 0.5) is 10.8 Å². The van der Waals surface area contributed by atoms with E-state index in [2.05, 4.69) is 26.1 Å². The number of carbonyl (C=O) groups is 3. The Bertz CT molecular complexity index is 1110. The molecule has 0 bridgehead atoms. The average molecular weight is 472 g/mol. The van der Waals surface area contributed by atoms with E-state index in [0.717, 1.165) is 0 Å². The number of amides is 3. The third-order valence-corrected chi connectivity index (χ3v) is 5.60. The Morgan fingerprint density at radius 2 is 1.69 bits per heavy atom. The molecule has 32 heavy (non-hydrogen) atoms. The maximum atomic E-state index is 12.4. The number of benzene rings is 2. The molecule has 1 aromatic heterocycles. The smallest absolute Gasteiger partial charge is 0.257 e. The fraction of sp³-hybridized carbons (Fsp3) is 0.227. The highest BCUT2D eigenvalue weighted by molar-refractivity contribution is 7.15. The predicted molar refractivity (Wildman–Crippen MR) is 125 cm³/mol. The van der Waals surface area contributed by atoms with E-state index in [0.29, 0.717) is 44.9 Å². The molecule has 0 saturated heterocycles. The molecule has 1 heterocycles. The number of nitrogens with one attached hydrogen (secondary N) is 3. The van der Waals surface area contributed by atoms with Gasteiger partial charge < -0.3 is 10.6 Å². The molecule has 166 valence electrons. The van der Waals surface area contributed by atoms with Crippen LogP contribution in [0, 0.1) is 5.92 Å². The summed E-state index contributed by atoms with van der Waals surface area (Å²) in [5.74, 6) is -0.816. The summed E-state index contributed by atoms with van der Waals surface area (Å²) in [5, 5.41) is 17.7. The van der Waals surface area contributed by atoms with E-state index in [9.17, 15) is 14.4 Å². The third kappa shape index (κ3) is 6.35. The van der Waals surface area contributed by atoms with Crippen molar-refractivity contribution in [1.29, 1.82) is 0 Å². The van der Waals surface area contributed by atoms with Crippen LogP contribution in [0.3, 0.4) is 0 Å². The maximum Gasteiger partial charge on any atom is 0.257 e. The van der Waals surface area contributed by atoms with Crippen LogP contribution in [0.5, 0.6) is 0 Å². The second kappa shape index (κ2) is 10.8. The zero-order valence-corrected chi connectivity index (χ0v) is 19.1. The van der Waals surface area contributed by atoms with Crippen molar-refractivity contribution in [3.63, 3.8) is 0 Å². The zero-order valence-electron chi connectivity index (χ0n) is 17.5. The molecule has 3 aromatic rings. The Morgan fingerprint density at radius 1 is 0.969 bits per heavy atom. The quantitative estimate of drug-likeness (QED) is 0.459. The Hall–Kier alpha value is -3.30. The standard InChI is InChI=1S/C22H22ClN5O3S/c1-13(2)19(29)25-15-9-7-14(8-10-15)20(30)26-22-28-27-18(32-22)11-12-24-21(31)16-5-3-4-6-17(16)23/h3-10,13H,11-12H2,1-2H3,(H,24,31)(H,25,29)(H,26,28,30). The van der Waals surface area contributed by atoms with Crippen molar-refractivity contribution in [3.8, 4) is 0 Å². The van der Waals surface area contributed by atoms with Crippen LogP contribution in [0.15, 0.2) is 48.5 Å². The molecule has 3 amide bonds. The zero-order chi connectivity index (χ0) is 23.1. The van der Waals surface area contributed by atoms with Gasteiger partial charge in [-0.25, -0.2) is 0 Å². The van der Waals surface area contributed by atoms with Gasteiger partial charge in [-0.15, -0.1) is 10.2 Å². The molecule has 0 radical (unpaired) electrons. The van der Waals surface area contributed by atoms with Gasteiger partial charge in [0, 0.05) is 30.1 Å². The molecule has 10 heteroatoms. The highest BCUT2D eigenvalue weighted by Crippen LogP contribution is 2.18. The topological polar surface area (TPSA) is 113 Å². The first-order valence-corrected chi connectivity index (χ1v) is 11.1. The van der Waals surface area contributed by atoms with Gasteiger partial charge in [-0.05, 0) is 36.4 Å². The molecule has 0 spiro atoms. The van der Waals surface area contributed by atoms with Crippen LogP contribution in [0.1, 0.15) is 39.6 Å². The molecule has 0 atom stereocenters. The fourth-order valence-corrected chi connectivity index (χ4v) is 3.55. The molecule has 2 aromatic carbocycles. The number of anilines is 2. The van der Waals surface area contributed by atoms with Crippen molar-refractivity contribution in [3.05, 3.63) is 69.7 Å². The number of hydrogen-bond acceptors (Lipinski definition) is 6. The first-order valence-electron chi connectivity index (χ1n) is 9.91. The highest BCUT2D eigenvalue weighted by atomic mass is 35.5. The largest absolute Gasteiger partial charge is 0.352 e. The molecule has 0 unspecified atom stereocenters. The number of carbonyl (C=O) groups excluding carboxylic acids is 3. The SMILES string of the molecule is CC(C)C(=O)Nc1ccc(C(=O)Nc2nnc(CCNC(=O)c3ccccc3Cl)s2)cc1. The lowest BCUT2D eigenvalue weighted by molar-refractivity contribution is -0.118. The summed E-state index contributed by atoms with van der Waals surface area (Å²) in [6, 6.07) is 13.4. The molecule has 8 nitrogen and oxygen atoms in total. The summed E-state index contributed by atoms with van der Waals surface area (Å²) in [6.45, 7) is 3.97. The van der Waals surface area contributed by atoms with E-state index < -0.39 is 0 Å². The second-order valence-corrected chi connectivity index (χ2v) is 8.63. The van der Waals surface area contributed by atoms with Crippen LogP contribution in [0.2, 0.25) is 5.02 Å².